The Bertz CT molecular complexity index is 565. The Labute approximate surface area is 128 Å². The highest BCUT2D eigenvalue weighted by Crippen LogP contribution is 2.25. The van der Waals surface area contributed by atoms with E-state index < -0.39 is 0 Å². The molecule has 0 fully saturated rings. The fourth-order valence-corrected chi connectivity index (χ4v) is 2.90. The molecule has 1 unspecified atom stereocenters. The zero-order valence-electron chi connectivity index (χ0n) is 13.5. The van der Waals surface area contributed by atoms with Gasteiger partial charge in [0.1, 0.15) is 0 Å². The molecule has 1 atom stereocenters. The first-order valence-corrected chi connectivity index (χ1v) is 7.64. The Morgan fingerprint density at radius 3 is 2.00 bits per heavy atom. The van der Waals surface area contributed by atoms with Crippen LogP contribution in [0.15, 0.2) is 42.5 Å². The Morgan fingerprint density at radius 1 is 0.952 bits per heavy atom. The standard InChI is InChI=1S/C19H26N2/c1-13(2)17-10-8-16(9-11-17)12-18(21-20)19-14(3)6-5-7-15(19)4/h5-11,13,18,21H,12,20H2,1-4H3. The summed E-state index contributed by atoms with van der Waals surface area (Å²) >= 11 is 0. The van der Waals surface area contributed by atoms with Crippen molar-refractivity contribution in [2.75, 3.05) is 0 Å². The van der Waals surface area contributed by atoms with E-state index in [1.54, 1.807) is 0 Å². The number of rotatable bonds is 5. The van der Waals surface area contributed by atoms with Crippen LogP contribution in [0, 0.1) is 13.8 Å². The lowest BCUT2D eigenvalue weighted by Gasteiger charge is -2.21. The maximum Gasteiger partial charge on any atom is 0.0505 e. The summed E-state index contributed by atoms with van der Waals surface area (Å²) in [6.07, 6.45) is 0.903. The quantitative estimate of drug-likeness (QED) is 0.638. The van der Waals surface area contributed by atoms with Crippen LogP contribution in [0.25, 0.3) is 0 Å². The van der Waals surface area contributed by atoms with Crippen LogP contribution in [0.4, 0.5) is 0 Å². The highest BCUT2D eigenvalue weighted by atomic mass is 15.2. The molecule has 112 valence electrons. The Balaban J connectivity index is 2.23. The SMILES string of the molecule is Cc1cccc(C)c1C(Cc1ccc(C(C)C)cc1)NN. The van der Waals surface area contributed by atoms with E-state index in [-0.39, 0.29) is 6.04 Å². The van der Waals surface area contributed by atoms with Crippen molar-refractivity contribution >= 4 is 0 Å². The molecule has 0 amide bonds. The van der Waals surface area contributed by atoms with Crippen molar-refractivity contribution in [3.8, 4) is 0 Å². The van der Waals surface area contributed by atoms with Crippen LogP contribution in [0.3, 0.4) is 0 Å². The predicted octanol–water partition coefficient (Wildman–Crippen LogP) is 4.17. The summed E-state index contributed by atoms with van der Waals surface area (Å²) in [5, 5.41) is 0. The normalized spacial score (nSPS) is 12.7. The summed E-state index contributed by atoms with van der Waals surface area (Å²) in [4.78, 5) is 0. The first kappa shape index (κ1) is 15.7. The number of hydrazine groups is 1. The average Bonchev–Trinajstić information content (AvgIpc) is 2.46. The van der Waals surface area contributed by atoms with E-state index in [1.165, 1.54) is 27.8 Å². The number of hydrogen-bond acceptors (Lipinski definition) is 2. The molecule has 2 nitrogen and oxygen atoms in total. The molecule has 0 aliphatic rings. The smallest absolute Gasteiger partial charge is 0.0505 e. The topological polar surface area (TPSA) is 38.0 Å². The molecule has 0 aromatic heterocycles. The average molecular weight is 282 g/mol. The second kappa shape index (κ2) is 6.88. The molecule has 21 heavy (non-hydrogen) atoms. The van der Waals surface area contributed by atoms with Crippen molar-refractivity contribution in [1.82, 2.24) is 5.43 Å². The third-order valence-electron chi connectivity index (χ3n) is 4.18. The van der Waals surface area contributed by atoms with Gasteiger partial charge in [0.15, 0.2) is 0 Å². The molecule has 2 heteroatoms. The van der Waals surface area contributed by atoms with Crippen LogP contribution >= 0.6 is 0 Å². The minimum atomic E-state index is 0.149. The van der Waals surface area contributed by atoms with Gasteiger partial charge in [-0.1, -0.05) is 56.3 Å². The highest BCUT2D eigenvalue weighted by Gasteiger charge is 2.15. The van der Waals surface area contributed by atoms with Gasteiger partial charge in [-0.05, 0) is 54.0 Å². The van der Waals surface area contributed by atoms with Crippen LogP contribution < -0.4 is 11.3 Å². The van der Waals surface area contributed by atoms with E-state index in [2.05, 4.69) is 75.6 Å². The fourth-order valence-electron chi connectivity index (χ4n) is 2.90. The summed E-state index contributed by atoms with van der Waals surface area (Å²) in [6.45, 7) is 8.73. The van der Waals surface area contributed by atoms with Gasteiger partial charge in [0.2, 0.25) is 0 Å². The number of benzene rings is 2. The number of nitrogens with two attached hydrogens (primary N) is 1. The van der Waals surface area contributed by atoms with Crippen molar-refractivity contribution in [3.63, 3.8) is 0 Å². The van der Waals surface area contributed by atoms with Crippen LogP contribution in [-0.4, -0.2) is 0 Å². The van der Waals surface area contributed by atoms with Crippen molar-refractivity contribution in [2.45, 2.75) is 46.1 Å². The molecule has 0 saturated carbocycles. The number of hydrogen-bond donors (Lipinski definition) is 2. The first-order chi connectivity index (χ1) is 10.0. The fraction of sp³-hybridized carbons (Fsp3) is 0.368. The molecule has 0 heterocycles. The van der Waals surface area contributed by atoms with Crippen LogP contribution in [0.5, 0.6) is 0 Å². The van der Waals surface area contributed by atoms with Crippen molar-refractivity contribution in [1.29, 1.82) is 0 Å². The van der Waals surface area contributed by atoms with Gasteiger partial charge in [0, 0.05) is 0 Å². The van der Waals surface area contributed by atoms with E-state index in [1.807, 2.05) is 0 Å². The Morgan fingerprint density at radius 2 is 1.52 bits per heavy atom. The van der Waals surface area contributed by atoms with Crippen LogP contribution in [0.2, 0.25) is 0 Å². The maximum atomic E-state index is 5.82. The molecule has 3 N–H and O–H groups in total. The minimum absolute atomic E-state index is 0.149. The first-order valence-electron chi connectivity index (χ1n) is 7.64. The van der Waals surface area contributed by atoms with Gasteiger partial charge in [-0.3, -0.25) is 11.3 Å². The van der Waals surface area contributed by atoms with E-state index in [4.69, 9.17) is 5.84 Å². The molecule has 0 radical (unpaired) electrons. The summed E-state index contributed by atoms with van der Waals surface area (Å²) in [5.74, 6) is 6.39. The molecule has 0 spiro atoms. The third-order valence-corrected chi connectivity index (χ3v) is 4.18. The van der Waals surface area contributed by atoms with Crippen molar-refractivity contribution < 1.29 is 0 Å². The second-order valence-corrected chi connectivity index (χ2v) is 6.13. The summed E-state index contributed by atoms with van der Waals surface area (Å²) in [5.41, 5.74) is 9.56. The van der Waals surface area contributed by atoms with E-state index in [0.717, 1.165) is 6.42 Å². The molecule has 2 aromatic carbocycles. The number of nitrogens with one attached hydrogen (secondary N) is 1. The zero-order chi connectivity index (χ0) is 15.4. The van der Waals surface area contributed by atoms with E-state index >= 15 is 0 Å². The molecular formula is C19H26N2. The zero-order valence-corrected chi connectivity index (χ0v) is 13.5. The summed E-state index contributed by atoms with van der Waals surface area (Å²) < 4.78 is 0. The molecule has 0 aliphatic heterocycles. The summed E-state index contributed by atoms with van der Waals surface area (Å²) in [7, 11) is 0. The van der Waals surface area contributed by atoms with Gasteiger partial charge >= 0.3 is 0 Å². The van der Waals surface area contributed by atoms with E-state index in [0.29, 0.717) is 5.92 Å². The van der Waals surface area contributed by atoms with Gasteiger partial charge in [0.25, 0.3) is 0 Å². The molecule has 2 rings (SSSR count). The molecular weight excluding hydrogens is 256 g/mol. The largest absolute Gasteiger partial charge is 0.271 e. The molecule has 0 saturated heterocycles. The monoisotopic (exact) mass is 282 g/mol. The van der Waals surface area contributed by atoms with Gasteiger partial charge in [-0.15, -0.1) is 0 Å². The van der Waals surface area contributed by atoms with Gasteiger partial charge in [-0.2, -0.15) is 0 Å². The van der Waals surface area contributed by atoms with Gasteiger partial charge < -0.3 is 0 Å². The predicted molar refractivity (Wildman–Crippen MR) is 90.2 cm³/mol. The van der Waals surface area contributed by atoms with Gasteiger partial charge in [-0.25, -0.2) is 0 Å². The molecule has 0 aliphatic carbocycles. The lowest BCUT2D eigenvalue weighted by atomic mass is 9.91. The van der Waals surface area contributed by atoms with Crippen LogP contribution in [0.1, 0.15) is 53.6 Å². The minimum Gasteiger partial charge on any atom is -0.271 e. The number of aryl methyl sites for hydroxylation is 2. The third kappa shape index (κ3) is 3.72. The van der Waals surface area contributed by atoms with E-state index in [9.17, 15) is 0 Å². The summed E-state index contributed by atoms with van der Waals surface area (Å²) in [6, 6.07) is 15.4. The van der Waals surface area contributed by atoms with Crippen molar-refractivity contribution in [2.24, 2.45) is 5.84 Å². The second-order valence-electron chi connectivity index (χ2n) is 6.13. The highest BCUT2D eigenvalue weighted by molar-refractivity contribution is 5.37. The lowest BCUT2D eigenvalue weighted by Crippen LogP contribution is -2.30. The van der Waals surface area contributed by atoms with Crippen molar-refractivity contribution in [3.05, 3.63) is 70.3 Å². The van der Waals surface area contributed by atoms with Gasteiger partial charge in [0.05, 0.1) is 6.04 Å². The van der Waals surface area contributed by atoms with Crippen LogP contribution in [-0.2, 0) is 6.42 Å². The maximum absolute atomic E-state index is 5.82. The molecule has 0 bridgehead atoms. The Kier molecular flexibility index (Phi) is 5.16. The Hall–Kier alpha value is -1.64. The molecule has 2 aromatic rings. The lowest BCUT2D eigenvalue weighted by molar-refractivity contribution is 0.546.